The van der Waals surface area contributed by atoms with Gasteiger partial charge in [-0.3, -0.25) is 9.69 Å². The molecule has 2 heterocycles. The first-order chi connectivity index (χ1) is 12.9. The molecule has 1 aromatic carbocycles. The number of alkyl halides is 3. The lowest BCUT2D eigenvalue weighted by molar-refractivity contribution is -0.367. The van der Waals surface area contributed by atoms with Crippen molar-refractivity contribution in [3.8, 4) is 0 Å². The second kappa shape index (κ2) is 6.87. The van der Waals surface area contributed by atoms with Gasteiger partial charge >= 0.3 is 6.18 Å². The molecule has 2 aliphatic rings. The minimum atomic E-state index is -4.35. The van der Waals surface area contributed by atoms with Crippen LogP contribution in [0.15, 0.2) is 36.5 Å². The van der Waals surface area contributed by atoms with Crippen LogP contribution >= 0.6 is 0 Å². The maximum Gasteiger partial charge on any atom is 0.419 e. The number of aryl methyl sites for hydroxylation is 2. The normalized spacial score (nSPS) is 17.1. The summed E-state index contributed by atoms with van der Waals surface area (Å²) in [5, 5.41) is 0. The third kappa shape index (κ3) is 3.63. The molecule has 0 atom stereocenters. The van der Waals surface area contributed by atoms with E-state index < -0.39 is 11.7 Å². The number of benzene rings is 1. The maximum atomic E-state index is 12.8. The third-order valence-corrected chi connectivity index (χ3v) is 5.38. The molecule has 2 aromatic rings. The van der Waals surface area contributed by atoms with Crippen LogP contribution in [0.4, 0.5) is 19.0 Å². The van der Waals surface area contributed by atoms with E-state index in [2.05, 4.69) is 11.1 Å². The molecule has 0 saturated carbocycles. The second-order valence-electron chi connectivity index (χ2n) is 7.08. The molecular formula is C20H21F3N3O+. The first kappa shape index (κ1) is 17.8. The van der Waals surface area contributed by atoms with E-state index in [4.69, 9.17) is 0 Å². The number of nitrogens with one attached hydrogen (secondary N) is 1. The van der Waals surface area contributed by atoms with Gasteiger partial charge in [0.05, 0.1) is 18.7 Å². The van der Waals surface area contributed by atoms with Crippen molar-refractivity contribution in [1.82, 2.24) is 4.90 Å². The fourth-order valence-electron chi connectivity index (χ4n) is 3.83. The third-order valence-electron chi connectivity index (χ3n) is 5.38. The molecule has 0 spiro atoms. The second-order valence-corrected chi connectivity index (χ2v) is 7.08. The van der Waals surface area contributed by atoms with Crippen LogP contribution in [0.25, 0.3) is 0 Å². The first-order valence-corrected chi connectivity index (χ1v) is 9.17. The van der Waals surface area contributed by atoms with Gasteiger partial charge in [0.1, 0.15) is 19.3 Å². The average molecular weight is 376 g/mol. The minimum absolute atomic E-state index is 0.0285. The molecule has 7 heteroatoms. The van der Waals surface area contributed by atoms with Gasteiger partial charge in [-0.25, -0.2) is 4.98 Å². The van der Waals surface area contributed by atoms with E-state index in [0.717, 1.165) is 37.1 Å². The zero-order chi connectivity index (χ0) is 19.0. The summed E-state index contributed by atoms with van der Waals surface area (Å²) in [4.78, 5) is 19.3. The Balaban J connectivity index is 1.39. The monoisotopic (exact) mass is 376 g/mol. The molecule has 0 unspecified atom stereocenters. The number of pyridine rings is 1. The van der Waals surface area contributed by atoms with Gasteiger partial charge in [0.25, 0.3) is 11.7 Å². The highest BCUT2D eigenvalue weighted by Gasteiger charge is 2.33. The smallest absolute Gasteiger partial charge is 0.331 e. The van der Waals surface area contributed by atoms with Crippen molar-refractivity contribution in [2.24, 2.45) is 0 Å². The highest BCUT2D eigenvalue weighted by Crippen LogP contribution is 2.28. The van der Waals surface area contributed by atoms with E-state index in [-0.39, 0.29) is 5.91 Å². The molecule has 0 radical (unpaired) electrons. The van der Waals surface area contributed by atoms with Crippen LogP contribution in [-0.2, 0) is 19.0 Å². The van der Waals surface area contributed by atoms with Crippen LogP contribution in [-0.4, -0.2) is 37.0 Å². The molecule has 0 bridgehead atoms. The number of piperazine rings is 1. The lowest BCUT2D eigenvalue weighted by Crippen LogP contribution is -2.50. The van der Waals surface area contributed by atoms with Gasteiger partial charge < -0.3 is 4.90 Å². The van der Waals surface area contributed by atoms with Crippen LogP contribution in [0.1, 0.15) is 33.5 Å². The van der Waals surface area contributed by atoms with Gasteiger partial charge in [0.15, 0.2) is 0 Å². The summed E-state index contributed by atoms with van der Waals surface area (Å²) in [6.07, 6.45) is -0.0945. The number of nitrogens with zero attached hydrogens (tertiary/aromatic N) is 2. The lowest BCUT2D eigenvalue weighted by Gasteiger charge is -2.31. The fourth-order valence-corrected chi connectivity index (χ4v) is 3.83. The Morgan fingerprint density at radius 3 is 2.37 bits per heavy atom. The number of hydrogen-bond donors (Lipinski definition) is 0. The van der Waals surface area contributed by atoms with E-state index in [9.17, 15) is 18.0 Å². The predicted molar refractivity (Wildman–Crippen MR) is 94.6 cm³/mol. The average Bonchev–Trinajstić information content (AvgIpc) is 3.15. The highest BCUT2D eigenvalue weighted by atomic mass is 19.4. The quantitative estimate of drug-likeness (QED) is 0.808. The van der Waals surface area contributed by atoms with Crippen molar-refractivity contribution in [2.45, 2.75) is 25.4 Å². The summed E-state index contributed by atoms with van der Waals surface area (Å²) in [7, 11) is 0. The van der Waals surface area contributed by atoms with Gasteiger partial charge in [0, 0.05) is 11.6 Å². The molecular weight excluding hydrogens is 355 g/mol. The Bertz CT molecular complexity index is 841. The molecule has 4 nitrogen and oxygen atoms in total. The maximum absolute atomic E-state index is 12.8. The van der Waals surface area contributed by atoms with E-state index in [1.165, 1.54) is 17.2 Å². The highest BCUT2D eigenvalue weighted by molar-refractivity contribution is 5.94. The molecule has 1 saturated heterocycles. The zero-order valence-electron chi connectivity index (χ0n) is 14.9. The van der Waals surface area contributed by atoms with Crippen molar-refractivity contribution in [2.75, 3.05) is 31.1 Å². The number of aromatic amines is 1. The standard InChI is InChI=1S/C20H20F3N3O/c21-20(22,23)17-6-7-18(24-13-17)25-8-10-26(11-9-25)19(27)16-5-4-14-2-1-3-15(14)12-16/h4-7,12-13H,1-3,8-11H2/p+1. The van der Waals surface area contributed by atoms with E-state index in [1.54, 1.807) is 0 Å². The molecule has 142 valence electrons. The molecule has 1 N–H and O–H groups in total. The SMILES string of the molecule is O=C(c1ccc2c(c1)CCC2)N1CCN(c2ccc(C(F)(F)F)c[nH+]2)CC1. The molecule has 1 aromatic heterocycles. The molecule has 1 amide bonds. The van der Waals surface area contributed by atoms with Crippen molar-refractivity contribution >= 4 is 11.7 Å². The first-order valence-electron chi connectivity index (χ1n) is 9.17. The van der Waals surface area contributed by atoms with Gasteiger partial charge in [-0.05, 0) is 48.6 Å². The molecule has 1 aliphatic heterocycles. The Labute approximate surface area is 155 Å². The summed E-state index contributed by atoms with van der Waals surface area (Å²) in [5.41, 5.74) is 2.65. The molecule has 1 fully saturated rings. The summed E-state index contributed by atoms with van der Waals surface area (Å²) in [6, 6.07) is 8.50. The van der Waals surface area contributed by atoms with E-state index >= 15 is 0 Å². The van der Waals surface area contributed by atoms with Crippen molar-refractivity contribution in [3.63, 3.8) is 0 Å². The Morgan fingerprint density at radius 1 is 0.963 bits per heavy atom. The number of amides is 1. The number of halogens is 3. The Morgan fingerprint density at radius 2 is 1.70 bits per heavy atom. The van der Waals surface area contributed by atoms with Crippen LogP contribution in [0.5, 0.6) is 0 Å². The zero-order valence-corrected chi connectivity index (χ0v) is 14.9. The molecule has 1 aliphatic carbocycles. The molecule has 4 rings (SSSR count). The minimum Gasteiger partial charge on any atom is -0.331 e. The number of carbonyl (C=O) groups is 1. The predicted octanol–water partition coefficient (Wildman–Crippen LogP) is 2.97. The van der Waals surface area contributed by atoms with Gasteiger partial charge in [-0.1, -0.05) is 6.07 Å². The van der Waals surface area contributed by atoms with E-state index in [1.807, 2.05) is 21.9 Å². The van der Waals surface area contributed by atoms with Crippen LogP contribution in [0, 0.1) is 0 Å². The number of anilines is 1. The number of carbonyl (C=O) groups excluding carboxylic acids is 1. The lowest BCUT2D eigenvalue weighted by atomic mass is 10.1. The largest absolute Gasteiger partial charge is 0.419 e. The van der Waals surface area contributed by atoms with Gasteiger partial charge in [0.2, 0.25) is 0 Å². The van der Waals surface area contributed by atoms with Crippen LogP contribution in [0.2, 0.25) is 0 Å². The van der Waals surface area contributed by atoms with Gasteiger partial charge in [-0.2, -0.15) is 13.2 Å². The van der Waals surface area contributed by atoms with Gasteiger partial charge in [-0.15, -0.1) is 0 Å². The summed E-state index contributed by atoms with van der Waals surface area (Å²) in [6.45, 7) is 2.26. The Hall–Kier alpha value is -2.57. The topological polar surface area (TPSA) is 37.7 Å². The number of fused-ring (bicyclic) bond motifs is 1. The van der Waals surface area contributed by atoms with Crippen molar-refractivity contribution in [1.29, 1.82) is 0 Å². The van der Waals surface area contributed by atoms with Crippen molar-refractivity contribution < 1.29 is 22.9 Å². The number of H-pyrrole nitrogens is 1. The van der Waals surface area contributed by atoms with E-state index in [0.29, 0.717) is 32.0 Å². The summed E-state index contributed by atoms with van der Waals surface area (Å²) in [5.74, 6) is 0.661. The molecule has 27 heavy (non-hydrogen) atoms. The summed E-state index contributed by atoms with van der Waals surface area (Å²) >= 11 is 0. The number of rotatable bonds is 2. The summed E-state index contributed by atoms with van der Waals surface area (Å²) < 4.78 is 38.0. The number of aromatic nitrogens is 1. The van der Waals surface area contributed by atoms with Crippen LogP contribution < -0.4 is 9.88 Å². The van der Waals surface area contributed by atoms with Crippen LogP contribution in [0.3, 0.4) is 0 Å². The van der Waals surface area contributed by atoms with Crippen molar-refractivity contribution in [3.05, 3.63) is 58.8 Å². The Kier molecular flexibility index (Phi) is 4.53. The number of hydrogen-bond acceptors (Lipinski definition) is 2. The fraction of sp³-hybridized carbons (Fsp3) is 0.400.